The first-order valence-electron chi connectivity index (χ1n) is 8.62. The van der Waals surface area contributed by atoms with Crippen LogP contribution in [0.15, 0.2) is 89.4 Å². The van der Waals surface area contributed by atoms with E-state index < -0.39 is 6.09 Å². The highest BCUT2D eigenvalue weighted by Crippen LogP contribution is 2.23. The lowest BCUT2D eigenvalue weighted by Gasteiger charge is -2.20. The second kappa shape index (κ2) is 9.78. The van der Waals surface area contributed by atoms with Crippen molar-refractivity contribution in [2.75, 3.05) is 6.54 Å². The second-order valence-electron chi connectivity index (χ2n) is 5.91. The fourth-order valence-electron chi connectivity index (χ4n) is 2.52. The van der Waals surface area contributed by atoms with Gasteiger partial charge in [-0.15, -0.1) is 0 Å². The number of alkyl carbamates (subject to hydrolysis) is 1. The van der Waals surface area contributed by atoms with Crippen molar-refractivity contribution in [2.45, 2.75) is 12.7 Å². The number of nitrogens with one attached hydrogen (secondary N) is 1. The van der Waals surface area contributed by atoms with Gasteiger partial charge in [0, 0.05) is 4.47 Å². The van der Waals surface area contributed by atoms with Crippen LogP contribution < -0.4 is 10.1 Å². The van der Waals surface area contributed by atoms with Crippen LogP contribution in [0.4, 0.5) is 4.79 Å². The molecule has 0 saturated heterocycles. The quantitative estimate of drug-likeness (QED) is 0.543. The molecular formula is C22H20BrNO3. The van der Waals surface area contributed by atoms with E-state index >= 15 is 0 Å². The molecule has 0 saturated carbocycles. The summed E-state index contributed by atoms with van der Waals surface area (Å²) in [5, 5.41) is 2.79. The predicted molar refractivity (Wildman–Crippen MR) is 109 cm³/mol. The molecule has 0 aliphatic rings. The molecule has 1 amide bonds. The Balaban J connectivity index is 1.59. The Morgan fingerprint density at radius 1 is 0.889 bits per heavy atom. The number of carbonyl (C=O) groups excluding carboxylic acids is 1. The van der Waals surface area contributed by atoms with Gasteiger partial charge in [0.1, 0.15) is 18.5 Å². The molecule has 0 aliphatic heterocycles. The summed E-state index contributed by atoms with van der Waals surface area (Å²) in [5.41, 5.74) is 1.92. The Kier molecular flexibility index (Phi) is 6.88. The third-order valence-electron chi connectivity index (χ3n) is 3.91. The molecule has 27 heavy (non-hydrogen) atoms. The van der Waals surface area contributed by atoms with E-state index in [1.54, 1.807) is 0 Å². The van der Waals surface area contributed by atoms with Crippen LogP contribution >= 0.6 is 15.9 Å². The minimum Gasteiger partial charge on any atom is -0.484 e. The van der Waals surface area contributed by atoms with Gasteiger partial charge >= 0.3 is 6.09 Å². The van der Waals surface area contributed by atoms with Gasteiger partial charge in [-0.05, 0) is 35.4 Å². The van der Waals surface area contributed by atoms with E-state index in [0.717, 1.165) is 21.3 Å². The van der Waals surface area contributed by atoms with E-state index in [9.17, 15) is 4.79 Å². The lowest BCUT2D eigenvalue weighted by atomic mass is 10.1. The minimum absolute atomic E-state index is 0.232. The van der Waals surface area contributed by atoms with E-state index in [0.29, 0.717) is 6.54 Å². The average molecular weight is 426 g/mol. The summed E-state index contributed by atoms with van der Waals surface area (Å²) in [4.78, 5) is 12.1. The standard InChI is InChI=1S/C22H20BrNO3/c23-19-11-13-20(14-12-19)27-21(18-9-5-2-6-10-18)15-24-22(25)26-16-17-7-3-1-4-8-17/h1-14,21H,15-16H2,(H,24,25). The molecule has 0 spiro atoms. The van der Waals surface area contributed by atoms with Crippen molar-refractivity contribution in [2.24, 2.45) is 0 Å². The number of benzene rings is 3. The van der Waals surface area contributed by atoms with Crippen molar-refractivity contribution < 1.29 is 14.3 Å². The molecule has 5 heteroatoms. The fourth-order valence-corrected chi connectivity index (χ4v) is 2.79. The number of carbonyl (C=O) groups is 1. The second-order valence-corrected chi connectivity index (χ2v) is 6.83. The molecule has 1 N–H and O–H groups in total. The van der Waals surface area contributed by atoms with Crippen molar-refractivity contribution in [3.8, 4) is 5.75 Å². The maximum atomic E-state index is 12.1. The molecule has 0 aliphatic carbocycles. The van der Waals surface area contributed by atoms with Crippen LogP contribution in [0.2, 0.25) is 0 Å². The molecule has 0 bridgehead atoms. The highest BCUT2D eigenvalue weighted by atomic mass is 79.9. The van der Waals surface area contributed by atoms with Crippen molar-refractivity contribution in [3.05, 3.63) is 101 Å². The van der Waals surface area contributed by atoms with Gasteiger partial charge in [0.2, 0.25) is 0 Å². The SMILES string of the molecule is O=C(NCC(Oc1ccc(Br)cc1)c1ccccc1)OCc1ccccc1. The van der Waals surface area contributed by atoms with Crippen molar-refractivity contribution in [1.29, 1.82) is 0 Å². The van der Waals surface area contributed by atoms with Crippen molar-refractivity contribution >= 4 is 22.0 Å². The highest BCUT2D eigenvalue weighted by Gasteiger charge is 2.15. The topological polar surface area (TPSA) is 47.6 Å². The van der Waals surface area contributed by atoms with Crippen LogP contribution in [0.3, 0.4) is 0 Å². The van der Waals surface area contributed by atoms with Gasteiger partial charge in [0.05, 0.1) is 6.54 Å². The molecule has 0 heterocycles. The average Bonchev–Trinajstić information content (AvgIpc) is 2.72. The summed E-state index contributed by atoms with van der Waals surface area (Å²) >= 11 is 3.41. The molecule has 0 fully saturated rings. The van der Waals surface area contributed by atoms with Crippen LogP contribution in [-0.2, 0) is 11.3 Å². The Hall–Kier alpha value is -2.79. The van der Waals surface area contributed by atoms with Crippen LogP contribution in [0.5, 0.6) is 5.75 Å². The van der Waals surface area contributed by atoms with Crippen LogP contribution in [-0.4, -0.2) is 12.6 Å². The van der Waals surface area contributed by atoms with Crippen molar-refractivity contribution in [3.63, 3.8) is 0 Å². The summed E-state index contributed by atoms with van der Waals surface area (Å²) in [7, 11) is 0. The molecule has 3 rings (SSSR count). The van der Waals surface area contributed by atoms with E-state index in [4.69, 9.17) is 9.47 Å². The van der Waals surface area contributed by atoms with Gasteiger partial charge in [-0.1, -0.05) is 76.6 Å². The highest BCUT2D eigenvalue weighted by molar-refractivity contribution is 9.10. The lowest BCUT2D eigenvalue weighted by molar-refractivity contribution is 0.130. The molecule has 4 nitrogen and oxygen atoms in total. The monoisotopic (exact) mass is 425 g/mol. The molecule has 0 radical (unpaired) electrons. The molecule has 0 aromatic heterocycles. The maximum absolute atomic E-state index is 12.1. The lowest BCUT2D eigenvalue weighted by Crippen LogP contribution is -2.31. The first-order chi connectivity index (χ1) is 13.2. The predicted octanol–water partition coefficient (Wildman–Crippen LogP) is 5.50. The number of ether oxygens (including phenoxy) is 2. The van der Waals surface area contributed by atoms with Gasteiger partial charge in [0.15, 0.2) is 0 Å². The maximum Gasteiger partial charge on any atom is 0.407 e. The van der Waals surface area contributed by atoms with Crippen LogP contribution in [0.1, 0.15) is 17.2 Å². The normalized spacial score (nSPS) is 11.4. The zero-order valence-electron chi connectivity index (χ0n) is 14.7. The van der Waals surface area contributed by atoms with E-state index in [2.05, 4.69) is 21.2 Å². The first kappa shape index (κ1) is 19.0. The number of amides is 1. The van der Waals surface area contributed by atoms with Gasteiger partial charge in [-0.3, -0.25) is 0 Å². The summed E-state index contributed by atoms with van der Waals surface area (Å²) < 4.78 is 12.3. The van der Waals surface area contributed by atoms with E-state index in [1.165, 1.54) is 0 Å². The van der Waals surface area contributed by atoms with E-state index in [1.807, 2.05) is 84.9 Å². The zero-order valence-corrected chi connectivity index (χ0v) is 16.3. The van der Waals surface area contributed by atoms with Crippen LogP contribution in [0, 0.1) is 0 Å². The van der Waals surface area contributed by atoms with Crippen LogP contribution in [0.25, 0.3) is 0 Å². The molecular weight excluding hydrogens is 406 g/mol. The van der Waals surface area contributed by atoms with E-state index in [-0.39, 0.29) is 12.7 Å². The third-order valence-corrected chi connectivity index (χ3v) is 4.44. The third kappa shape index (κ3) is 6.15. The Labute approximate surface area is 167 Å². The minimum atomic E-state index is -0.473. The Morgan fingerprint density at radius 2 is 1.52 bits per heavy atom. The summed E-state index contributed by atoms with van der Waals surface area (Å²) in [6.07, 6.45) is -0.796. The largest absolute Gasteiger partial charge is 0.484 e. The summed E-state index contributed by atoms with van der Waals surface area (Å²) in [5.74, 6) is 0.728. The molecule has 3 aromatic rings. The Morgan fingerprint density at radius 3 is 2.19 bits per heavy atom. The number of rotatable bonds is 7. The van der Waals surface area contributed by atoms with Gasteiger partial charge in [-0.25, -0.2) is 4.79 Å². The summed E-state index contributed by atoms with van der Waals surface area (Å²) in [6.45, 7) is 0.532. The number of hydrogen-bond donors (Lipinski definition) is 1. The van der Waals surface area contributed by atoms with Gasteiger partial charge in [-0.2, -0.15) is 0 Å². The smallest absolute Gasteiger partial charge is 0.407 e. The molecule has 1 unspecified atom stereocenters. The summed E-state index contributed by atoms with van der Waals surface area (Å²) in [6, 6.07) is 27.0. The zero-order chi connectivity index (χ0) is 18.9. The van der Waals surface area contributed by atoms with Gasteiger partial charge < -0.3 is 14.8 Å². The number of hydrogen-bond acceptors (Lipinski definition) is 3. The molecule has 3 aromatic carbocycles. The number of halogens is 1. The Bertz CT molecular complexity index is 838. The molecule has 138 valence electrons. The fraction of sp³-hybridized carbons (Fsp3) is 0.136. The first-order valence-corrected chi connectivity index (χ1v) is 9.42. The van der Waals surface area contributed by atoms with Gasteiger partial charge in [0.25, 0.3) is 0 Å². The molecule has 1 atom stereocenters. The van der Waals surface area contributed by atoms with Crippen molar-refractivity contribution in [1.82, 2.24) is 5.32 Å².